The third kappa shape index (κ3) is 6.34. The summed E-state index contributed by atoms with van der Waals surface area (Å²) >= 11 is 0. The topological polar surface area (TPSA) is 88.5 Å². The van der Waals surface area contributed by atoms with Crippen LogP contribution >= 0.6 is 0 Å². The van der Waals surface area contributed by atoms with Gasteiger partial charge in [0.25, 0.3) is 5.91 Å². The molecule has 2 atom stereocenters. The molecule has 1 saturated heterocycles. The van der Waals surface area contributed by atoms with E-state index < -0.39 is 18.2 Å². The number of cyclic esters (lactones) is 1. The number of hydrogen-bond donors (Lipinski definition) is 2. The van der Waals surface area contributed by atoms with Gasteiger partial charge in [-0.3, -0.25) is 14.6 Å². The summed E-state index contributed by atoms with van der Waals surface area (Å²) in [6.45, 7) is 10.6. The predicted molar refractivity (Wildman–Crippen MR) is 135 cm³/mol. The van der Waals surface area contributed by atoms with Gasteiger partial charge in [-0.15, -0.1) is 0 Å². The minimum absolute atomic E-state index is 0.0190. The molecule has 2 heterocycles. The van der Waals surface area contributed by atoms with Crippen LogP contribution in [0.1, 0.15) is 93.0 Å². The van der Waals surface area contributed by atoms with Gasteiger partial charge in [-0.1, -0.05) is 52.8 Å². The van der Waals surface area contributed by atoms with Crippen molar-refractivity contribution in [2.45, 2.75) is 77.9 Å². The smallest absolute Gasteiger partial charge is 0.309 e. The highest BCUT2D eigenvalue weighted by atomic mass is 19.1. The standard InChI is InChI=1S/C28H35FN2O4/c1-6-13-30-28(34)25-24(18-7-9-19(29)10-8-18)22(26(16(2)3)31-27(25)17(4)5)12-11-21-14-20(32)15-23(33)35-21/h7-12,16-17,20-21,32H,6,13-15H2,1-5H3,(H,30,34)/t20-,21-/m0/s1. The molecular formula is C28H35FN2O4. The number of esters is 1. The molecule has 6 nitrogen and oxygen atoms in total. The van der Waals surface area contributed by atoms with E-state index in [-0.39, 0.29) is 30.0 Å². The first kappa shape index (κ1) is 26.5. The monoisotopic (exact) mass is 482 g/mol. The Morgan fingerprint density at radius 1 is 1.20 bits per heavy atom. The number of aliphatic hydroxyl groups is 1. The molecule has 35 heavy (non-hydrogen) atoms. The fourth-order valence-electron chi connectivity index (χ4n) is 4.27. The molecule has 1 amide bonds. The van der Waals surface area contributed by atoms with Gasteiger partial charge in [0, 0.05) is 24.1 Å². The minimum atomic E-state index is -0.760. The Kier molecular flexibility index (Phi) is 8.78. The molecule has 0 radical (unpaired) electrons. The zero-order chi connectivity index (χ0) is 25.7. The average molecular weight is 483 g/mol. The number of rotatable bonds is 8. The fraction of sp³-hybridized carbons (Fsp3) is 0.464. The summed E-state index contributed by atoms with van der Waals surface area (Å²) in [6.07, 6.45) is 3.27. The third-order valence-electron chi connectivity index (χ3n) is 5.95. The molecule has 2 N–H and O–H groups in total. The number of nitrogens with zero attached hydrogens (tertiary/aromatic N) is 1. The van der Waals surface area contributed by atoms with Crippen molar-refractivity contribution in [1.82, 2.24) is 10.3 Å². The summed E-state index contributed by atoms with van der Waals surface area (Å²) < 4.78 is 19.2. The Hall–Kier alpha value is -3.06. The van der Waals surface area contributed by atoms with Crippen LogP contribution in [0.3, 0.4) is 0 Å². The number of ether oxygens (including phenoxy) is 1. The van der Waals surface area contributed by atoms with E-state index in [9.17, 15) is 19.1 Å². The number of hydrogen-bond acceptors (Lipinski definition) is 5. The van der Waals surface area contributed by atoms with Gasteiger partial charge in [-0.05, 0) is 42.0 Å². The number of nitrogens with one attached hydrogen (secondary N) is 1. The largest absolute Gasteiger partial charge is 0.458 e. The van der Waals surface area contributed by atoms with Gasteiger partial charge >= 0.3 is 5.97 Å². The van der Waals surface area contributed by atoms with Crippen molar-refractivity contribution in [2.24, 2.45) is 0 Å². The van der Waals surface area contributed by atoms with Crippen molar-refractivity contribution >= 4 is 18.0 Å². The summed E-state index contributed by atoms with van der Waals surface area (Å²) in [7, 11) is 0. The summed E-state index contributed by atoms with van der Waals surface area (Å²) in [6, 6.07) is 6.08. The Labute approximate surface area is 206 Å². The van der Waals surface area contributed by atoms with Crippen LogP contribution in [0.15, 0.2) is 30.3 Å². The third-order valence-corrected chi connectivity index (χ3v) is 5.95. The maximum Gasteiger partial charge on any atom is 0.309 e. The molecular weight excluding hydrogens is 447 g/mol. The summed E-state index contributed by atoms with van der Waals surface area (Å²) in [5, 5.41) is 13.0. The van der Waals surface area contributed by atoms with Gasteiger partial charge in [0.15, 0.2) is 0 Å². The van der Waals surface area contributed by atoms with E-state index in [0.717, 1.165) is 12.1 Å². The van der Waals surface area contributed by atoms with Gasteiger partial charge < -0.3 is 15.2 Å². The fourth-order valence-corrected chi connectivity index (χ4v) is 4.27. The van der Waals surface area contributed by atoms with E-state index in [1.54, 1.807) is 18.2 Å². The first-order valence-corrected chi connectivity index (χ1v) is 12.3. The van der Waals surface area contributed by atoms with E-state index in [1.165, 1.54) is 12.1 Å². The highest BCUT2D eigenvalue weighted by Gasteiger charge is 2.28. The van der Waals surface area contributed by atoms with Crippen LogP contribution in [0.2, 0.25) is 0 Å². The van der Waals surface area contributed by atoms with E-state index in [1.807, 2.05) is 40.7 Å². The van der Waals surface area contributed by atoms with Crippen LogP contribution in [-0.4, -0.2) is 40.7 Å². The van der Waals surface area contributed by atoms with E-state index in [4.69, 9.17) is 9.72 Å². The molecule has 0 unspecified atom stereocenters. The molecule has 0 saturated carbocycles. The highest BCUT2D eigenvalue weighted by Crippen LogP contribution is 2.37. The SMILES string of the molecule is CCCNC(=O)c1c(C(C)C)nc(C(C)C)c(C=C[C@H]2C[C@H](O)CC(=O)O2)c1-c1ccc(F)cc1. The van der Waals surface area contributed by atoms with Gasteiger partial charge in [-0.25, -0.2) is 4.39 Å². The van der Waals surface area contributed by atoms with Crippen molar-refractivity contribution in [2.75, 3.05) is 6.54 Å². The number of aliphatic hydroxyl groups excluding tert-OH is 1. The normalized spacial score (nSPS) is 18.4. The molecule has 0 bridgehead atoms. The number of amides is 1. The van der Waals surface area contributed by atoms with Gasteiger partial charge in [0.2, 0.25) is 0 Å². The molecule has 1 aliphatic heterocycles. The maximum absolute atomic E-state index is 13.8. The van der Waals surface area contributed by atoms with Crippen molar-refractivity contribution < 1.29 is 23.8 Å². The van der Waals surface area contributed by atoms with Crippen LogP contribution in [0, 0.1) is 5.82 Å². The van der Waals surface area contributed by atoms with Crippen molar-refractivity contribution in [3.05, 3.63) is 58.7 Å². The summed E-state index contributed by atoms with van der Waals surface area (Å²) in [5.41, 5.74) is 4.01. The number of pyridine rings is 1. The molecule has 188 valence electrons. The lowest BCUT2D eigenvalue weighted by Gasteiger charge is -2.25. The Morgan fingerprint density at radius 3 is 2.43 bits per heavy atom. The number of halogens is 1. The first-order valence-electron chi connectivity index (χ1n) is 12.3. The first-order chi connectivity index (χ1) is 16.6. The van der Waals surface area contributed by atoms with E-state index in [0.29, 0.717) is 40.9 Å². The molecule has 0 aliphatic carbocycles. The molecule has 1 aromatic heterocycles. The highest BCUT2D eigenvalue weighted by molar-refractivity contribution is 6.04. The van der Waals surface area contributed by atoms with E-state index in [2.05, 4.69) is 5.32 Å². The number of aromatic nitrogens is 1. The van der Waals surface area contributed by atoms with Crippen LogP contribution in [0.4, 0.5) is 4.39 Å². The second-order valence-corrected chi connectivity index (χ2v) is 9.60. The van der Waals surface area contributed by atoms with Crippen LogP contribution in [-0.2, 0) is 9.53 Å². The second kappa shape index (κ2) is 11.6. The van der Waals surface area contributed by atoms with Crippen molar-refractivity contribution in [3.8, 4) is 11.1 Å². The molecule has 1 aliphatic rings. The van der Waals surface area contributed by atoms with Crippen LogP contribution in [0.5, 0.6) is 0 Å². The quantitative estimate of drug-likeness (QED) is 0.495. The average Bonchev–Trinajstić information content (AvgIpc) is 2.80. The maximum atomic E-state index is 13.8. The Bertz CT molecular complexity index is 1090. The minimum Gasteiger partial charge on any atom is -0.458 e. The number of carbonyl (C=O) groups is 2. The molecule has 1 fully saturated rings. The summed E-state index contributed by atoms with van der Waals surface area (Å²) in [4.78, 5) is 30.3. The summed E-state index contributed by atoms with van der Waals surface area (Å²) in [5.74, 6) is -1.05. The second-order valence-electron chi connectivity index (χ2n) is 9.60. The molecule has 1 aromatic carbocycles. The lowest BCUT2D eigenvalue weighted by molar-refractivity contribution is -0.156. The number of carbonyl (C=O) groups excluding carboxylic acids is 2. The van der Waals surface area contributed by atoms with Gasteiger partial charge in [0.05, 0.1) is 29.5 Å². The Morgan fingerprint density at radius 2 is 1.86 bits per heavy atom. The number of benzene rings is 1. The van der Waals surface area contributed by atoms with Crippen molar-refractivity contribution in [1.29, 1.82) is 0 Å². The molecule has 3 rings (SSSR count). The lowest BCUT2D eigenvalue weighted by atomic mass is 9.86. The predicted octanol–water partition coefficient (Wildman–Crippen LogP) is 5.35. The zero-order valence-electron chi connectivity index (χ0n) is 21.1. The van der Waals surface area contributed by atoms with Crippen molar-refractivity contribution in [3.63, 3.8) is 0 Å². The van der Waals surface area contributed by atoms with Gasteiger partial charge in [-0.2, -0.15) is 0 Å². The molecule has 0 spiro atoms. The zero-order valence-corrected chi connectivity index (χ0v) is 21.1. The molecule has 7 heteroatoms. The van der Waals surface area contributed by atoms with E-state index >= 15 is 0 Å². The van der Waals surface area contributed by atoms with Crippen LogP contribution < -0.4 is 5.32 Å². The Balaban J connectivity index is 2.30. The lowest BCUT2D eigenvalue weighted by Crippen LogP contribution is -2.31. The van der Waals surface area contributed by atoms with Crippen LogP contribution in [0.25, 0.3) is 17.2 Å². The molecule has 2 aromatic rings. The van der Waals surface area contributed by atoms with Gasteiger partial charge in [0.1, 0.15) is 11.9 Å².